The van der Waals surface area contributed by atoms with E-state index < -0.39 is 10.0 Å². The van der Waals surface area contributed by atoms with Gasteiger partial charge in [0.2, 0.25) is 0 Å². The van der Waals surface area contributed by atoms with Gasteiger partial charge in [-0.15, -0.1) is 0 Å². The Kier molecular flexibility index (Phi) is 3.55. The van der Waals surface area contributed by atoms with Crippen LogP contribution < -0.4 is 9.47 Å². The maximum atomic E-state index is 5.52. The van der Waals surface area contributed by atoms with Crippen LogP contribution in [0.4, 0.5) is 0 Å². The molecule has 108 valence electrons. The van der Waals surface area contributed by atoms with Crippen LogP contribution in [0, 0.1) is 0 Å². The number of benzene rings is 2. The fraction of sp³-hybridized carbons (Fsp3) is 0.412. The van der Waals surface area contributed by atoms with E-state index in [9.17, 15) is 0 Å². The number of hydrogen-bond donors (Lipinski definition) is 0. The van der Waals surface area contributed by atoms with Crippen molar-refractivity contribution in [2.24, 2.45) is 0 Å². The third kappa shape index (κ3) is 2.14. The van der Waals surface area contributed by atoms with Gasteiger partial charge in [0.1, 0.15) is 11.5 Å². The SMILES string of the molecule is COc1ccc2c(OC)ccc(S3(C)CCCC3)c2c1. The van der Waals surface area contributed by atoms with Crippen LogP contribution in [0.25, 0.3) is 10.8 Å². The topological polar surface area (TPSA) is 18.5 Å². The average molecular weight is 290 g/mol. The fourth-order valence-electron chi connectivity index (χ4n) is 3.17. The van der Waals surface area contributed by atoms with E-state index in [2.05, 4.69) is 30.5 Å². The standard InChI is InChI=1S/C17H22O2S/c1-18-13-6-7-14-15(12-13)17(9-8-16(14)19-2)20(3)10-4-5-11-20/h6-9,12H,4-5,10-11H2,1-3H3. The summed E-state index contributed by atoms with van der Waals surface area (Å²) in [5.74, 6) is 4.58. The molecular formula is C17H22O2S. The van der Waals surface area contributed by atoms with Crippen molar-refractivity contribution >= 4 is 20.8 Å². The van der Waals surface area contributed by atoms with Gasteiger partial charge in [-0.2, -0.15) is 0 Å². The van der Waals surface area contributed by atoms with Crippen molar-refractivity contribution in [3.05, 3.63) is 30.3 Å². The molecule has 0 saturated carbocycles. The minimum atomic E-state index is -0.670. The number of rotatable bonds is 3. The summed E-state index contributed by atoms with van der Waals surface area (Å²) in [6.45, 7) is 0. The van der Waals surface area contributed by atoms with Gasteiger partial charge in [-0.3, -0.25) is 0 Å². The molecule has 0 bridgehead atoms. The van der Waals surface area contributed by atoms with E-state index in [0.29, 0.717) is 0 Å². The Morgan fingerprint density at radius 1 is 0.900 bits per heavy atom. The predicted octanol–water partition coefficient (Wildman–Crippen LogP) is 4.44. The van der Waals surface area contributed by atoms with Crippen LogP contribution in [-0.2, 0) is 0 Å². The molecule has 1 aliphatic rings. The Morgan fingerprint density at radius 3 is 2.30 bits per heavy atom. The Hall–Kier alpha value is -1.35. The summed E-state index contributed by atoms with van der Waals surface area (Å²) < 4.78 is 10.9. The van der Waals surface area contributed by atoms with Crippen molar-refractivity contribution in [2.75, 3.05) is 32.0 Å². The molecule has 1 aliphatic heterocycles. The molecule has 2 nitrogen and oxygen atoms in total. The van der Waals surface area contributed by atoms with E-state index >= 15 is 0 Å². The first-order valence-electron chi connectivity index (χ1n) is 7.06. The molecule has 3 rings (SSSR count). The van der Waals surface area contributed by atoms with Crippen LogP contribution in [0.2, 0.25) is 0 Å². The maximum absolute atomic E-state index is 5.52. The molecule has 0 atom stereocenters. The summed E-state index contributed by atoms with van der Waals surface area (Å²) in [6, 6.07) is 10.7. The van der Waals surface area contributed by atoms with E-state index in [-0.39, 0.29) is 0 Å². The third-order valence-corrected chi connectivity index (χ3v) is 8.13. The van der Waals surface area contributed by atoms with Gasteiger partial charge in [0.15, 0.2) is 0 Å². The van der Waals surface area contributed by atoms with Crippen molar-refractivity contribution in [3.63, 3.8) is 0 Å². The average Bonchev–Trinajstić information content (AvgIpc) is 2.93. The molecule has 2 aromatic rings. The first-order valence-corrected chi connectivity index (χ1v) is 9.44. The first kappa shape index (κ1) is 13.6. The van der Waals surface area contributed by atoms with Crippen LogP contribution in [0.1, 0.15) is 12.8 Å². The summed E-state index contributed by atoms with van der Waals surface area (Å²) in [4.78, 5) is 1.52. The highest BCUT2D eigenvalue weighted by atomic mass is 32.3. The highest BCUT2D eigenvalue weighted by Gasteiger charge is 2.27. The van der Waals surface area contributed by atoms with E-state index in [1.807, 2.05) is 6.07 Å². The van der Waals surface area contributed by atoms with Gasteiger partial charge in [-0.25, -0.2) is 10.0 Å². The van der Waals surface area contributed by atoms with E-state index in [0.717, 1.165) is 11.5 Å². The molecule has 0 spiro atoms. The minimum absolute atomic E-state index is 0.670. The van der Waals surface area contributed by atoms with E-state index in [1.54, 1.807) is 14.2 Å². The lowest BCUT2D eigenvalue weighted by molar-refractivity contribution is 0.414. The fourth-order valence-corrected chi connectivity index (χ4v) is 6.59. The van der Waals surface area contributed by atoms with E-state index in [1.165, 1.54) is 40.0 Å². The lowest BCUT2D eigenvalue weighted by Crippen LogP contribution is -2.02. The Bertz CT molecular complexity index is 630. The Balaban J connectivity index is 2.26. The van der Waals surface area contributed by atoms with Crippen LogP contribution in [0.3, 0.4) is 0 Å². The summed E-state index contributed by atoms with van der Waals surface area (Å²) in [6.07, 6.45) is 5.20. The molecule has 0 radical (unpaired) electrons. The highest BCUT2D eigenvalue weighted by Crippen LogP contribution is 2.60. The third-order valence-electron chi connectivity index (χ3n) is 4.33. The van der Waals surface area contributed by atoms with Crippen molar-refractivity contribution in [3.8, 4) is 11.5 Å². The zero-order chi connectivity index (χ0) is 14.2. The summed E-state index contributed by atoms with van der Waals surface area (Å²) in [5.41, 5.74) is 0. The van der Waals surface area contributed by atoms with Gasteiger partial charge < -0.3 is 9.47 Å². The van der Waals surface area contributed by atoms with Gasteiger partial charge >= 0.3 is 0 Å². The second-order valence-electron chi connectivity index (χ2n) is 5.57. The summed E-state index contributed by atoms with van der Waals surface area (Å²) in [5, 5.41) is 2.51. The van der Waals surface area contributed by atoms with Crippen LogP contribution in [-0.4, -0.2) is 32.0 Å². The lowest BCUT2D eigenvalue weighted by atomic mass is 10.1. The molecule has 3 heteroatoms. The normalized spacial score (nSPS) is 18.9. The smallest absolute Gasteiger partial charge is 0.126 e. The molecule has 1 fully saturated rings. The van der Waals surface area contributed by atoms with Gasteiger partial charge in [0.25, 0.3) is 0 Å². The highest BCUT2D eigenvalue weighted by molar-refractivity contribution is 8.33. The molecule has 2 aromatic carbocycles. The van der Waals surface area contributed by atoms with Crippen molar-refractivity contribution in [2.45, 2.75) is 17.7 Å². The Labute approximate surface area is 122 Å². The van der Waals surface area contributed by atoms with Crippen LogP contribution in [0.15, 0.2) is 35.2 Å². The zero-order valence-corrected chi connectivity index (χ0v) is 13.3. The second kappa shape index (κ2) is 5.21. The number of ether oxygens (including phenoxy) is 2. The van der Waals surface area contributed by atoms with E-state index in [4.69, 9.17) is 9.47 Å². The van der Waals surface area contributed by atoms with Crippen LogP contribution in [0.5, 0.6) is 11.5 Å². The molecule has 0 aliphatic carbocycles. The largest absolute Gasteiger partial charge is 0.497 e. The summed E-state index contributed by atoms with van der Waals surface area (Å²) >= 11 is 0. The van der Waals surface area contributed by atoms with Crippen molar-refractivity contribution < 1.29 is 9.47 Å². The predicted molar refractivity (Wildman–Crippen MR) is 87.8 cm³/mol. The van der Waals surface area contributed by atoms with Crippen molar-refractivity contribution in [1.29, 1.82) is 0 Å². The molecule has 0 aromatic heterocycles. The first-order chi connectivity index (χ1) is 9.68. The molecule has 1 saturated heterocycles. The molecule has 0 N–H and O–H groups in total. The second-order valence-corrected chi connectivity index (χ2v) is 9.37. The monoisotopic (exact) mass is 290 g/mol. The minimum Gasteiger partial charge on any atom is -0.497 e. The molecule has 0 amide bonds. The molecular weight excluding hydrogens is 268 g/mol. The number of hydrogen-bond acceptors (Lipinski definition) is 2. The van der Waals surface area contributed by atoms with Gasteiger partial charge in [0.05, 0.1) is 14.2 Å². The van der Waals surface area contributed by atoms with Gasteiger partial charge in [-0.1, -0.05) is 0 Å². The summed E-state index contributed by atoms with van der Waals surface area (Å²) in [7, 11) is 2.80. The molecule has 20 heavy (non-hydrogen) atoms. The quantitative estimate of drug-likeness (QED) is 0.831. The lowest BCUT2D eigenvalue weighted by Gasteiger charge is -2.32. The van der Waals surface area contributed by atoms with Gasteiger partial charge in [-0.05, 0) is 65.8 Å². The number of methoxy groups -OCH3 is 2. The maximum Gasteiger partial charge on any atom is 0.126 e. The van der Waals surface area contributed by atoms with Gasteiger partial charge in [0, 0.05) is 10.8 Å². The molecule has 1 heterocycles. The molecule has 0 unspecified atom stereocenters. The Morgan fingerprint density at radius 2 is 1.65 bits per heavy atom. The van der Waals surface area contributed by atoms with Crippen LogP contribution >= 0.6 is 10.0 Å². The number of fused-ring (bicyclic) bond motifs is 1. The van der Waals surface area contributed by atoms with Crippen molar-refractivity contribution in [1.82, 2.24) is 0 Å². The zero-order valence-electron chi connectivity index (χ0n) is 12.4.